The van der Waals surface area contributed by atoms with Crippen molar-refractivity contribution >= 4 is 29.0 Å². The van der Waals surface area contributed by atoms with E-state index in [4.69, 9.17) is 0 Å². The number of carbonyl (C=O) groups is 2. The van der Waals surface area contributed by atoms with Crippen LogP contribution in [0, 0.1) is 6.92 Å². The minimum absolute atomic E-state index is 0.0957. The zero-order chi connectivity index (χ0) is 24.3. The summed E-state index contributed by atoms with van der Waals surface area (Å²) in [6, 6.07) is 23.5. The van der Waals surface area contributed by atoms with Gasteiger partial charge in [0.25, 0.3) is 5.91 Å². The largest absolute Gasteiger partial charge is 0.471 e. The normalized spacial score (nSPS) is 11.2. The van der Waals surface area contributed by atoms with Crippen LogP contribution in [0.15, 0.2) is 84.9 Å². The summed E-state index contributed by atoms with van der Waals surface area (Å²) in [4.78, 5) is 24.7. The Morgan fingerprint density at radius 2 is 1.47 bits per heavy atom. The van der Waals surface area contributed by atoms with Gasteiger partial charge in [-0.05, 0) is 31.2 Å². The molecular formula is C25H19F3N4O2. The average Bonchev–Trinajstić information content (AvgIpc) is 3.24. The van der Waals surface area contributed by atoms with Crippen LogP contribution in [0.25, 0.3) is 11.3 Å². The van der Waals surface area contributed by atoms with Gasteiger partial charge in [0.1, 0.15) is 5.82 Å². The van der Waals surface area contributed by atoms with E-state index in [1.165, 1.54) is 18.2 Å². The number of benzene rings is 3. The molecule has 0 atom stereocenters. The summed E-state index contributed by atoms with van der Waals surface area (Å²) < 4.78 is 39.5. The average molecular weight is 464 g/mol. The van der Waals surface area contributed by atoms with E-state index in [2.05, 4.69) is 10.4 Å². The van der Waals surface area contributed by atoms with Gasteiger partial charge in [0, 0.05) is 17.2 Å². The fourth-order valence-corrected chi connectivity index (χ4v) is 3.23. The molecule has 0 aliphatic heterocycles. The molecule has 1 aromatic heterocycles. The second-order valence-corrected chi connectivity index (χ2v) is 7.49. The predicted molar refractivity (Wildman–Crippen MR) is 123 cm³/mol. The molecule has 0 radical (unpaired) electrons. The number of aromatic nitrogens is 2. The van der Waals surface area contributed by atoms with Crippen LogP contribution in [0.1, 0.15) is 15.9 Å². The minimum atomic E-state index is -5.04. The van der Waals surface area contributed by atoms with E-state index in [1.807, 2.05) is 36.5 Å². The Balaban J connectivity index is 1.75. The van der Waals surface area contributed by atoms with Gasteiger partial charge in [-0.1, -0.05) is 60.2 Å². The highest BCUT2D eigenvalue weighted by Crippen LogP contribution is 2.30. The molecule has 6 nitrogen and oxygen atoms in total. The SMILES string of the molecule is Cc1ccc(-c2cc(Nc3ccccc3NC(=O)C(F)(F)F)n(C(=O)c3ccccc3)n2)cc1. The number of nitrogens with zero attached hydrogens (tertiary/aromatic N) is 2. The Hall–Kier alpha value is -4.40. The second-order valence-electron chi connectivity index (χ2n) is 7.49. The molecule has 4 aromatic rings. The molecule has 1 amide bonds. The third-order valence-electron chi connectivity index (χ3n) is 4.97. The van der Waals surface area contributed by atoms with Crippen LogP contribution < -0.4 is 10.6 Å². The molecule has 34 heavy (non-hydrogen) atoms. The van der Waals surface area contributed by atoms with Gasteiger partial charge in [-0.3, -0.25) is 9.59 Å². The highest BCUT2D eigenvalue weighted by molar-refractivity contribution is 6.00. The Morgan fingerprint density at radius 3 is 2.12 bits per heavy atom. The van der Waals surface area contributed by atoms with Crippen molar-refractivity contribution in [2.24, 2.45) is 0 Å². The highest BCUT2D eigenvalue weighted by Gasteiger charge is 2.39. The first-order valence-electron chi connectivity index (χ1n) is 10.2. The van der Waals surface area contributed by atoms with Crippen LogP contribution in [0.5, 0.6) is 0 Å². The molecule has 0 unspecified atom stereocenters. The number of halogens is 3. The van der Waals surface area contributed by atoms with Crippen molar-refractivity contribution in [2.75, 3.05) is 10.6 Å². The third kappa shape index (κ3) is 4.98. The molecule has 0 aliphatic rings. The summed E-state index contributed by atoms with van der Waals surface area (Å²) in [5, 5.41) is 9.25. The first kappa shape index (κ1) is 22.8. The summed E-state index contributed by atoms with van der Waals surface area (Å²) >= 11 is 0. The van der Waals surface area contributed by atoms with Crippen molar-refractivity contribution in [1.82, 2.24) is 9.78 Å². The van der Waals surface area contributed by atoms with Crippen LogP contribution in [-0.4, -0.2) is 27.8 Å². The molecule has 9 heteroatoms. The van der Waals surface area contributed by atoms with Crippen molar-refractivity contribution in [3.05, 3.63) is 96.1 Å². The van der Waals surface area contributed by atoms with Gasteiger partial charge < -0.3 is 10.6 Å². The fourth-order valence-electron chi connectivity index (χ4n) is 3.23. The fraction of sp³-hybridized carbons (Fsp3) is 0.0800. The Kier molecular flexibility index (Phi) is 6.18. The van der Waals surface area contributed by atoms with E-state index < -0.39 is 18.0 Å². The van der Waals surface area contributed by atoms with Gasteiger partial charge in [-0.15, -0.1) is 0 Å². The lowest BCUT2D eigenvalue weighted by atomic mass is 10.1. The summed E-state index contributed by atoms with van der Waals surface area (Å²) in [5.74, 6) is -2.31. The number of alkyl halides is 3. The maximum absolute atomic E-state index is 13.2. The lowest BCUT2D eigenvalue weighted by Gasteiger charge is -2.14. The number of para-hydroxylation sites is 2. The van der Waals surface area contributed by atoms with E-state index >= 15 is 0 Å². The maximum Gasteiger partial charge on any atom is 0.471 e. The monoisotopic (exact) mass is 464 g/mol. The Labute approximate surface area is 193 Å². The van der Waals surface area contributed by atoms with Crippen LogP contribution >= 0.6 is 0 Å². The minimum Gasteiger partial charge on any atom is -0.338 e. The zero-order valence-corrected chi connectivity index (χ0v) is 17.9. The molecular weight excluding hydrogens is 445 g/mol. The number of amides is 1. The lowest BCUT2D eigenvalue weighted by molar-refractivity contribution is -0.167. The summed E-state index contributed by atoms with van der Waals surface area (Å²) in [6.07, 6.45) is -5.04. The van der Waals surface area contributed by atoms with Gasteiger partial charge >= 0.3 is 12.1 Å². The zero-order valence-electron chi connectivity index (χ0n) is 17.9. The number of hydrogen-bond donors (Lipinski definition) is 2. The molecule has 4 rings (SSSR count). The van der Waals surface area contributed by atoms with Gasteiger partial charge in [-0.25, -0.2) is 0 Å². The predicted octanol–water partition coefficient (Wildman–Crippen LogP) is 5.79. The van der Waals surface area contributed by atoms with Crippen LogP contribution in [-0.2, 0) is 4.79 Å². The lowest BCUT2D eigenvalue weighted by Crippen LogP contribution is -2.30. The molecule has 0 saturated carbocycles. The summed E-state index contributed by atoms with van der Waals surface area (Å²) in [5.41, 5.74) is 2.74. The van der Waals surface area contributed by atoms with Crippen molar-refractivity contribution in [3.63, 3.8) is 0 Å². The summed E-state index contributed by atoms with van der Waals surface area (Å²) in [7, 11) is 0. The van der Waals surface area contributed by atoms with Crippen molar-refractivity contribution in [2.45, 2.75) is 13.1 Å². The molecule has 0 saturated heterocycles. The highest BCUT2D eigenvalue weighted by atomic mass is 19.4. The molecule has 0 fully saturated rings. The van der Waals surface area contributed by atoms with Crippen molar-refractivity contribution < 1.29 is 22.8 Å². The second kappa shape index (κ2) is 9.22. The van der Waals surface area contributed by atoms with Gasteiger partial charge in [0.2, 0.25) is 0 Å². The van der Waals surface area contributed by atoms with Gasteiger partial charge in [-0.2, -0.15) is 23.0 Å². The van der Waals surface area contributed by atoms with E-state index in [-0.39, 0.29) is 17.2 Å². The van der Waals surface area contributed by atoms with Crippen LogP contribution in [0.4, 0.5) is 30.4 Å². The molecule has 2 N–H and O–H groups in total. The molecule has 0 aliphatic carbocycles. The smallest absolute Gasteiger partial charge is 0.338 e. The Morgan fingerprint density at radius 1 is 0.853 bits per heavy atom. The first-order valence-corrected chi connectivity index (χ1v) is 10.2. The van der Waals surface area contributed by atoms with E-state index in [0.717, 1.165) is 15.8 Å². The number of nitrogens with one attached hydrogen (secondary N) is 2. The topological polar surface area (TPSA) is 76.0 Å². The van der Waals surface area contributed by atoms with Crippen LogP contribution in [0.3, 0.4) is 0 Å². The van der Waals surface area contributed by atoms with E-state index in [0.29, 0.717) is 11.3 Å². The number of carbonyl (C=O) groups excluding carboxylic acids is 2. The number of rotatable bonds is 5. The van der Waals surface area contributed by atoms with Crippen molar-refractivity contribution in [3.8, 4) is 11.3 Å². The van der Waals surface area contributed by atoms with E-state index in [9.17, 15) is 22.8 Å². The quantitative estimate of drug-likeness (QED) is 0.392. The molecule has 172 valence electrons. The van der Waals surface area contributed by atoms with Gasteiger partial charge in [0.15, 0.2) is 0 Å². The van der Waals surface area contributed by atoms with Gasteiger partial charge in [0.05, 0.1) is 17.1 Å². The number of hydrogen-bond acceptors (Lipinski definition) is 4. The van der Waals surface area contributed by atoms with Crippen molar-refractivity contribution in [1.29, 1.82) is 0 Å². The van der Waals surface area contributed by atoms with E-state index in [1.54, 1.807) is 42.5 Å². The molecule has 0 spiro atoms. The van der Waals surface area contributed by atoms with Crippen LogP contribution in [0.2, 0.25) is 0 Å². The summed E-state index contributed by atoms with van der Waals surface area (Å²) in [6.45, 7) is 1.94. The standard InChI is InChI=1S/C25H19F3N4O2/c1-16-11-13-17(14-12-16)21-15-22(32(31-21)23(33)18-7-3-2-4-8-18)29-19-9-5-6-10-20(19)30-24(34)25(26,27)28/h2-15,29H,1H3,(H,30,34). The maximum atomic E-state index is 13.2. The third-order valence-corrected chi connectivity index (χ3v) is 4.97. The molecule has 0 bridgehead atoms. The molecule has 3 aromatic carbocycles. The first-order chi connectivity index (χ1) is 16.2. The molecule has 1 heterocycles. The Bertz CT molecular complexity index is 1330. The number of anilines is 3. The number of aryl methyl sites for hydroxylation is 1.